The van der Waals surface area contributed by atoms with Crippen molar-refractivity contribution in [1.29, 1.82) is 0 Å². The summed E-state index contributed by atoms with van der Waals surface area (Å²) in [7, 11) is 0. The quantitative estimate of drug-likeness (QED) is 0.725. The Kier molecular flexibility index (Phi) is 5.58. The van der Waals surface area contributed by atoms with Crippen molar-refractivity contribution >= 4 is 17.7 Å². The lowest BCUT2D eigenvalue weighted by Crippen LogP contribution is -2.27. The zero-order valence-electron chi connectivity index (χ0n) is 12.5. The van der Waals surface area contributed by atoms with E-state index in [1.54, 1.807) is 26.8 Å². The largest absolute Gasteiger partial charge is 0.508 e. The summed E-state index contributed by atoms with van der Waals surface area (Å²) in [5, 5.41) is 20.8. The molecule has 0 bridgehead atoms. The molecule has 1 amide bonds. The van der Waals surface area contributed by atoms with Crippen molar-refractivity contribution in [2.45, 2.75) is 45.6 Å². The van der Waals surface area contributed by atoms with Gasteiger partial charge >= 0.3 is 12.1 Å². The Morgan fingerprint density at radius 1 is 1.29 bits per heavy atom. The van der Waals surface area contributed by atoms with Crippen molar-refractivity contribution in [3.63, 3.8) is 0 Å². The number of hydrogen-bond donors (Lipinski definition) is 3. The molecule has 0 heterocycles. The van der Waals surface area contributed by atoms with E-state index in [0.29, 0.717) is 24.1 Å². The van der Waals surface area contributed by atoms with Gasteiger partial charge < -0.3 is 14.9 Å². The fraction of sp³-hybridized carbons (Fsp3) is 0.467. The lowest BCUT2D eigenvalue weighted by Gasteiger charge is -2.20. The minimum Gasteiger partial charge on any atom is -0.508 e. The highest BCUT2D eigenvalue weighted by atomic mass is 16.6. The fourth-order valence-electron chi connectivity index (χ4n) is 1.75. The van der Waals surface area contributed by atoms with Crippen molar-refractivity contribution in [2.24, 2.45) is 0 Å². The van der Waals surface area contributed by atoms with Gasteiger partial charge in [0.15, 0.2) is 0 Å². The van der Waals surface area contributed by atoms with Gasteiger partial charge in [0.05, 0.1) is 0 Å². The van der Waals surface area contributed by atoms with Gasteiger partial charge in [0.1, 0.15) is 11.4 Å². The maximum atomic E-state index is 11.8. The number of carbonyl (C=O) groups is 2. The van der Waals surface area contributed by atoms with Crippen LogP contribution in [0.15, 0.2) is 18.2 Å². The number of aromatic hydroxyl groups is 1. The summed E-state index contributed by atoms with van der Waals surface area (Å²) in [4.78, 5) is 22.3. The number of phenolic OH excluding ortho intramolecular Hbond substituents is 1. The Labute approximate surface area is 123 Å². The molecule has 0 aliphatic rings. The summed E-state index contributed by atoms with van der Waals surface area (Å²) in [6.07, 6.45) is 0.294. The maximum absolute atomic E-state index is 11.8. The summed E-state index contributed by atoms with van der Waals surface area (Å²) in [5.74, 6) is -0.813. The Hall–Kier alpha value is -2.24. The van der Waals surface area contributed by atoms with Crippen LogP contribution in [-0.2, 0) is 16.0 Å². The SMILES string of the molecule is CC(C)(C)OC(=O)Nc1ccc(O)cc1CCCC(=O)O. The third kappa shape index (κ3) is 6.65. The number of carbonyl (C=O) groups excluding carboxylic acids is 1. The molecule has 0 radical (unpaired) electrons. The van der Waals surface area contributed by atoms with Gasteiger partial charge in [-0.2, -0.15) is 0 Å². The number of hydrogen-bond acceptors (Lipinski definition) is 4. The van der Waals surface area contributed by atoms with Crippen molar-refractivity contribution in [2.75, 3.05) is 5.32 Å². The van der Waals surface area contributed by atoms with E-state index in [1.807, 2.05) is 0 Å². The number of anilines is 1. The van der Waals surface area contributed by atoms with Crippen LogP contribution in [0, 0.1) is 0 Å². The molecule has 0 aliphatic heterocycles. The topological polar surface area (TPSA) is 95.9 Å². The zero-order valence-corrected chi connectivity index (χ0v) is 12.5. The number of rotatable bonds is 5. The third-order valence-corrected chi connectivity index (χ3v) is 2.56. The van der Waals surface area contributed by atoms with Crippen molar-refractivity contribution in [3.8, 4) is 5.75 Å². The molecule has 0 aliphatic carbocycles. The average molecular weight is 295 g/mol. The second-order valence-electron chi connectivity index (χ2n) is 5.72. The third-order valence-electron chi connectivity index (χ3n) is 2.56. The molecule has 0 atom stereocenters. The van der Waals surface area contributed by atoms with Crippen LogP contribution in [-0.4, -0.2) is 27.9 Å². The van der Waals surface area contributed by atoms with E-state index in [0.717, 1.165) is 0 Å². The highest BCUT2D eigenvalue weighted by molar-refractivity contribution is 5.86. The molecule has 0 saturated carbocycles. The van der Waals surface area contributed by atoms with Crippen molar-refractivity contribution < 1.29 is 24.5 Å². The first-order valence-electron chi connectivity index (χ1n) is 6.71. The van der Waals surface area contributed by atoms with Gasteiger partial charge in [0.25, 0.3) is 0 Å². The van der Waals surface area contributed by atoms with Gasteiger partial charge in [-0.25, -0.2) is 4.79 Å². The van der Waals surface area contributed by atoms with Gasteiger partial charge in [-0.3, -0.25) is 10.1 Å². The van der Waals surface area contributed by atoms with Gasteiger partial charge in [-0.05, 0) is 57.4 Å². The molecule has 0 aromatic heterocycles. The number of ether oxygens (including phenoxy) is 1. The average Bonchev–Trinajstić information content (AvgIpc) is 2.29. The summed E-state index contributed by atoms with van der Waals surface area (Å²) in [6.45, 7) is 5.28. The number of carboxylic acid groups (broad SMARTS) is 1. The molecule has 1 aromatic rings. The summed E-state index contributed by atoms with van der Waals surface area (Å²) >= 11 is 0. The van der Waals surface area contributed by atoms with E-state index < -0.39 is 17.7 Å². The van der Waals surface area contributed by atoms with E-state index in [9.17, 15) is 14.7 Å². The molecule has 0 saturated heterocycles. The van der Waals surface area contributed by atoms with Crippen LogP contribution >= 0.6 is 0 Å². The fourth-order valence-corrected chi connectivity index (χ4v) is 1.75. The predicted octanol–water partition coefficient (Wildman–Crippen LogP) is 3.15. The molecule has 116 valence electrons. The standard InChI is InChI=1S/C15H21NO5/c1-15(2,3)21-14(20)16-12-8-7-11(17)9-10(12)5-4-6-13(18)19/h7-9,17H,4-6H2,1-3H3,(H,16,20)(H,18,19). The molecule has 0 spiro atoms. The predicted molar refractivity (Wildman–Crippen MR) is 78.5 cm³/mol. The highest BCUT2D eigenvalue weighted by Crippen LogP contribution is 2.24. The number of benzene rings is 1. The molecule has 6 nitrogen and oxygen atoms in total. The minimum absolute atomic E-state index is 0.0293. The molecular weight excluding hydrogens is 274 g/mol. The molecule has 1 aromatic carbocycles. The summed E-state index contributed by atoms with van der Waals surface area (Å²) in [6, 6.07) is 4.53. The van der Waals surface area contributed by atoms with Gasteiger partial charge in [-0.1, -0.05) is 0 Å². The van der Waals surface area contributed by atoms with Crippen LogP contribution in [0.2, 0.25) is 0 Å². The molecule has 21 heavy (non-hydrogen) atoms. The van der Waals surface area contributed by atoms with E-state index in [-0.39, 0.29) is 12.2 Å². The van der Waals surface area contributed by atoms with E-state index in [4.69, 9.17) is 9.84 Å². The smallest absolute Gasteiger partial charge is 0.412 e. The summed E-state index contributed by atoms with van der Waals surface area (Å²) < 4.78 is 5.16. The Morgan fingerprint density at radius 3 is 2.52 bits per heavy atom. The number of aryl methyl sites for hydroxylation is 1. The number of carboxylic acids is 1. The first-order chi connectivity index (χ1) is 9.67. The highest BCUT2D eigenvalue weighted by Gasteiger charge is 2.17. The molecule has 6 heteroatoms. The second-order valence-corrected chi connectivity index (χ2v) is 5.72. The monoisotopic (exact) mass is 295 g/mol. The lowest BCUT2D eigenvalue weighted by atomic mass is 10.1. The van der Waals surface area contributed by atoms with Gasteiger partial charge in [0.2, 0.25) is 0 Å². The summed E-state index contributed by atoms with van der Waals surface area (Å²) in [5.41, 5.74) is 0.569. The van der Waals surface area contributed by atoms with Crippen LogP contribution in [0.5, 0.6) is 5.75 Å². The van der Waals surface area contributed by atoms with Crippen LogP contribution in [0.25, 0.3) is 0 Å². The van der Waals surface area contributed by atoms with Gasteiger partial charge in [-0.15, -0.1) is 0 Å². The maximum Gasteiger partial charge on any atom is 0.412 e. The first kappa shape index (κ1) is 16.8. The molecule has 1 rings (SSSR count). The number of aliphatic carboxylic acids is 1. The Balaban J connectivity index is 2.76. The van der Waals surface area contributed by atoms with Gasteiger partial charge in [0, 0.05) is 12.1 Å². The first-order valence-corrected chi connectivity index (χ1v) is 6.71. The molecular formula is C15H21NO5. The van der Waals surface area contributed by atoms with Crippen LogP contribution in [0.1, 0.15) is 39.2 Å². The molecule has 0 fully saturated rings. The van der Waals surface area contributed by atoms with E-state index >= 15 is 0 Å². The minimum atomic E-state index is -0.878. The van der Waals surface area contributed by atoms with Crippen LogP contribution in [0.4, 0.5) is 10.5 Å². The van der Waals surface area contributed by atoms with Crippen molar-refractivity contribution in [1.82, 2.24) is 0 Å². The lowest BCUT2D eigenvalue weighted by molar-refractivity contribution is -0.137. The van der Waals surface area contributed by atoms with Crippen LogP contribution < -0.4 is 5.32 Å². The van der Waals surface area contributed by atoms with Crippen molar-refractivity contribution in [3.05, 3.63) is 23.8 Å². The zero-order chi connectivity index (χ0) is 16.0. The number of phenols is 1. The Bertz CT molecular complexity index is 519. The molecule has 0 unspecified atom stereocenters. The van der Waals surface area contributed by atoms with Crippen LogP contribution in [0.3, 0.4) is 0 Å². The second kappa shape index (κ2) is 6.97. The Morgan fingerprint density at radius 2 is 1.95 bits per heavy atom. The number of nitrogens with one attached hydrogen (secondary N) is 1. The van der Waals surface area contributed by atoms with E-state index in [2.05, 4.69) is 5.32 Å². The van der Waals surface area contributed by atoms with E-state index in [1.165, 1.54) is 12.1 Å². The molecule has 3 N–H and O–H groups in total. The number of amides is 1. The normalized spacial score (nSPS) is 11.0.